The quantitative estimate of drug-likeness (QED) is 0.810. The number of esters is 1. The van der Waals surface area contributed by atoms with E-state index in [0.717, 1.165) is 5.69 Å². The summed E-state index contributed by atoms with van der Waals surface area (Å²) in [4.78, 5) is 17.2. The molecule has 1 aliphatic rings. The Labute approximate surface area is 154 Å². The van der Waals surface area contributed by atoms with Gasteiger partial charge in [0.1, 0.15) is 22.2 Å². The number of hydrogen-bond acceptors (Lipinski definition) is 5. The average Bonchev–Trinajstić information content (AvgIpc) is 3.14. The Morgan fingerprint density at radius 2 is 2.08 bits per heavy atom. The minimum atomic E-state index is -0.645. The predicted octanol–water partition coefficient (Wildman–Crippen LogP) is 4.36. The molecule has 1 aliphatic heterocycles. The van der Waals surface area contributed by atoms with Gasteiger partial charge < -0.3 is 14.4 Å². The van der Waals surface area contributed by atoms with Gasteiger partial charge in [-0.05, 0) is 49.4 Å². The number of aryl methyl sites for hydroxylation is 1. The van der Waals surface area contributed by atoms with Gasteiger partial charge in [-0.15, -0.1) is 0 Å². The number of aliphatic hydroxyl groups is 1. The fourth-order valence-electron chi connectivity index (χ4n) is 2.38. The first-order valence-electron chi connectivity index (χ1n) is 7.96. The lowest BCUT2D eigenvalue weighted by atomic mass is 10.2. The summed E-state index contributed by atoms with van der Waals surface area (Å²) in [6.45, 7) is 1.87. The summed E-state index contributed by atoms with van der Waals surface area (Å²) < 4.78 is 20.0. The number of hydrogen-bond donors (Lipinski definition) is 1. The lowest BCUT2D eigenvalue weighted by Crippen LogP contribution is -2.12. The number of carbonyl (C=O) groups is 1. The second-order valence-electron chi connectivity index (χ2n) is 5.49. The number of aliphatic hydroxyl groups excluding tert-OH is 1. The third-order valence-corrected chi connectivity index (χ3v) is 4.71. The zero-order chi connectivity index (χ0) is 18.7. The Balaban J connectivity index is 2.04. The number of aromatic nitrogens is 1. The van der Waals surface area contributed by atoms with Crippen molar-refractivity contribution < 1.29 is 19.0 Å². The zero-order valence-electron chi connectivity index (χ0n) is 14.3. The summed E-state index contributed by atoms with van der Waals surface area (Å²) in [5.41, 5.74) is 1.36. The molecule has 2 heterocycles. The summed E-state index contributed by atoms with van der Waals surface area (Å²) in [6.07, 6.45) is 3.65. The van der Waals surface area contributed by atoms with Crippen molar-refractivity contribution in [1.82, 2.24) is 4.57 Å². The van der Waals surface area contributed by atoms with Crippen molar-refractivity contribution in [2.75, 3.05) is 6.61 Å². The van der Waals surface area contributed by atoms with E-state index in [4.69, 9.17) is 4.74 Å². The number of ether oxygens (including phenoxy) is 1. The van der Waals surface area contributed by atoms with Gasteiger partial charge in [0.05, 0.1) is 17.2 Å². The minimum absolute atomic E-state index is 0.0154. The highest BCUT2D eigenvalue weighted by molar-refractivity contribution is 8.18. The molecule has 0 aliphatic carbocycles. The van der Waals surface area contributed by atoms with Crippen LogP contribution >= 0.6 is 11.8 Å². The second kappa shape index (κ2) is 7.61. The summed E-state index contributed by atoms with van der Waals surface area (Å²) in [7, 11) is 1.88. The molecule has 1 aromatic heterocycles. The van der Waals surface area contributed by atoms with Gasteiger partial charge in [-0.2, -0.15) is 0 Å². The number of benzene rings is 1. The van der Waals surface area contributed by atoms with Crippen molar-refractivity contribution in [2.45, 2.75) is 6.92 Å². The molecule has 0 amide bonds. The van der Waals surface area contributed by atoms with E-state index in [1.165, 1.54) is 36.0 Å². The van der Waals surface area contributed by atoms with Crippen LogP contribution in [0.5, 0.6) is 0 Å². The summed E-state index contributed by atoms with van der Waals surface area (Å²) in [5, 5.41) is 10.9. The van der Waals surface area contributed by atoms with Crippen molar-refractivity contribution in [3.63, 3.8) is 0 Å². The number of aliphatic imine (C=N–C) groups is 1. The topological polar surface area (TPSA) is 63.8 Å². The monoisotopic (exact) mass is 372 g/mol. The fourth-order valence-corrected chi connectivity index (χ4v) is 3.40. The molecule has 2 aromatic rings. The van der Waals surface area contributed by atoms with Crippen molar-refractivity contribution in [1.29, 1.82) is 0 Å². The molecule has 0 saturated carbocycles. The number of halogens is 1. The van der Waals surface area contributed by atoms with E-state index >= 15 is 0 Å². The SMILES string of the molecule is CCOC(=O)C1=C(O)/C(=C\c2cccn2C)SC1=Nc1ccc(F)cc1. The van der Waals surface area contributed by atoms with Crippen molar-refractivity contribution in [3.8, 4) is 0 Å². The van der Waals surface area contributed by atoms with E-state index in [1.54, 1.807) is 13.0 Å². The van der Waals surface area contributed by atoms with Gasteiger partial charge in [0.25, 0.3) is 0 Å². The largest absolute Gasteiger partial charge is 0.506 e. The average molecular weight is 372 g/mol. The maximum atomic E-state index is 13.1. The second-order valence-corrected chi connectivity index (χ2v) is 6.52. The van der Waals surface area contributed by atoms with Gasteiger partial charge in [-0.25, -0.2) is 14.2 Å². The molecule has 5 nitrogen and oxygen atoms in total. The Morgan fingerprint density at radius 3 is 2.69 bits per heavy atom. The van der Waals surface area contributed by atoms with Crippen LogP contribution in [0.4, 0.5) is 10.1 Å². The van der Waals surface area contributed by atoms with Gasteiger partial charge in [0, 0.05) is 18.9 Å². The van der Waals surface area contributed by atoms with Gasteiger partial charge in [-0.3, -0.25) is 0 Å². The molecule has 0 spiro atoms. The van der Waals surface area contributed by atoms with Crippen LogP contribution in [0, 0.1) is 5.82 Å². The van der Waals surface area contributed by atoms with E-state index in [-0.39, 0.29) is 23.8 Å². The Morgan fingerprint density at radius 1 is 1.35 bits per heavy atom. The molecular weight excluding hydrogens is 355 g/mol. The maximum absolute atomic E-state index is 13.1. The van der Waals surface area contributed by atoms with Crippen molar-refractivity contribution >= 4 is 34.5 Å². The number of rotatable bonds is 4. The van der Waals surface area contributed by atoms with Crippen LogP contribution in [0.15, 0.2) is 63.8 Å². The number of carbonyl (C=O) groups excluding carboxylic acids is 1. The molecule has 1 N–H and O–H groups in total. The van der Waals surface area contributed by atoms with Crippen LogP contribution in [-0.4, -0.2) is 27.3 Å². The third kappa shape index (κ3) is 3.72. The fraction of sp³-hybridized carbons (Fsp3) is 0.158. The van der Waals surface area contributed by atoms with Crippen LogP contribution in [0.2, 0.25) is 0 Å². The summed E-state index contributed by atoms with van der Waals surface area (Å²) in [5.74, 6) is -1.19. The Hall–Kier alpha value is -2.80. The molecule has 7 heteroatoms. The molecule has 0 atom stereocenters. The smallest absolute Gasteiger partial charge is 0.344 e. The molecule has 3 rings (SSSR count). The Kier molecular flexibility index (Phi) is 5.27. The van der Waals surface area contributed by atoms with Crippen LogP contribution in [0.3, 0.4) is 0 Å². The highest BCUT2D eigenvalue weighted by atomic mass is 32.2. The van der Waals surface area contributed by atoms with Gasteiger partial charge in [-0.1, -0.05) is 11.8 Å². The molecule has 0 bridgehead atoms. The van der Waals surface area contributed by atoms with Crippen LogP contribution in [0.1, 0.15) is 12.6 Å². The maximum Gasteiger partial charge on any atom is 0.344 e. The van der Waals surface area contributed by atoms with E-state index in [0.29, 0.717) is 15.6 Å². The molecule has 0 unspecified atom stereocenters. The lowest BCUT2D eigenvalue weighted by molar-refractivity contribution is -0.138. The van der Waals surface area contributed by atoms with Crippen LogP contribution in [-0.2, 0) is 16.6 Å². The van der Waals surface area contributed by atoms with Crippen LogP contribution in [0.25, 0.3) is 6.08 Å². The first kappa shape index (κ1) is 18.0. The molecule has 1 aromatic carbocycles. The molecule has 0 radical (unpaired) electrons. The highest BCUT2D eigenvalue weighted by Crippen LogP contribution is 2.40. The molecule has 26 heavy (non-hydrogen) atoms. The molecule has 0 saturated heterocycles. The predicted molar refractivity (Wildman–Crippen MR) is 101 cm³/mol. The van der Waals surface area contributed by atoms with Gasteiger partial charge >= 0.3 is 5.97 Å². The lowest BCUT2D eigenvalue weighted by Gasteiger charge is -2.03. The van der Waals surface area contributed by atoms with Gasteiger partial charge in [0.2, 0.25) is 0 Å². The van der Waals surface area contributed by atoms with Crippen molar-refractivity contribution in [3.05, 3.63) is 70.3 Å². The normalized spacial score (nSPS) is 17.3. The number of thioether (sulfide) groups is 1. The molecular formula is C19H17FN2O3S. The van der Waals surface area contributed by atoms with E-state index in [1.807, 2.05) is 29.9 Å². The minimum Gasteiger partial charge on any atom is -0.506 e. The number of nitrogens with zero attached hydrogens (tertiary/aromatic N) is 2. The molecule has 134 valence electrons. The standard InChI is InChI=1S/C19H17FN2O3S/c1-3-25-19(24)16-17(23)15(11-14-5-4-10-22(14)2)26-18(16)21-13-8-6-12(20)7-9-13/h4-11,23H,3H2,1-2H3/b15-11+,21-18?. The first-order valence-corrected chi connectivity index (χ1v) is 8.77. The van der Waals surface area contributed by atoms with E-state index in [2.05, 4.69) is 4.99 Å². The van der Waals surface area contributed by atoms with E-state index < -0.39 is 5.97 Å². The van der Waals surface area contributed by atoms with Gasteiger partial charge in [0.15, 0.2) is 0 Å². The third-order valence-electron chi connectivity index (χ3n) is 3.69. The Bertz CT molecular complexity index is 927. The zero-order valence-corrected chi connectivity index (χ0v) is 15.1. The van der Waals surface area contributed by atoms with E-state index in [9.17, 15) is 14.3 Å². The van der Waals surface area contributed by atoms with Crippen molar-refractivity contribution in [2.24, 2.45) is 12.0 Å². The summed E-state index contributed by atoms with van der Waals surface area (Å²) in [6, 6.07) is 9.34. The summed E-state index contributed by atoms with van der Waals surface area (Å²) >= 11 is 1.17. The van der Waals surface area contributed by atoms with Crippen LogP contribution < -0.4 is 0 Å². The highest BCUT2D eigenvalue weighted by Gasteiger charge is 2.33. The molecule has 0 fully saturated rings. The first-order chi connectivity index (χ1) is 12.5.